The second-order valence-corrected chi connectivity index (χ2v) is 5.29. The number of rotatable bonds is 4. The molecule has 0 radical (unpaired) electrons. The van der Waals surface area contributed by atoms with Gasteiger partial charge in [0, 0.05) is 19.6 Å². The smallest absolute Gasteiger partial charge is 0.226 e. The monoisotopic (exact) mass is 237 g/mol. The maximum Gasteiger partial charge on any atom is 0.226 e. The summed E-state index contributed by atoms with van der Waals surface area (Å²) in [6.07, 6.45) is 6.18. The fourth-order valence-electron chi connectivity index (χ4n) is 2.48. The first-order valence-corrected chi connectivity index (χ1v) is 6.46. The third-order valence-electron chi connectivity index (χ3n) is 3.95. The van der Waals surface area contributed by atoms with Crippen LogP contribution in [0.2, 0.25) is 0 Å². The highest BCUT2D eigenvalue weighted by Crippen LogP contribution is 2.36. The summed E-state index contributed by atoms with van der Waals surface area (Å²) in [4.78, 5) is 4.42. The average Bonchev–Trinajstić information content (AvgIpc) is 2.94. The van der Waals surface area contributed by atoms with Gasteiger partial charge < -0.3 is 15.0 Å². The van der Waals surface area contributed by atoms with Crippen molar-refractivity contribution in [2.24, 2.45) is 11.7 Å². The molecule has 1 aromatic rings. The van der Waals surface area contributed by atoms with Crippen LogP contribution in [0.25, 0.3) is 0 Å². The molecule has 1 atom stereocenters. The molecule has 0 amide bonds. The van der Waals surface area contributed by atoms with Gasteiger partial charge in [0.05, 0.1) is 5.54 Å². The van der Waals surface area contributed by atoms with Gasteiger partial charge in [-0.05, 0) is 38.0 Å². The Morgan fingerprint density at radius 2 is 2.29 bits per heavy atom. The van der Waals surface area contributed by atoms with Crippen LogP contribution in [0.15, 0.2) is 4.52 Å². The van der Waals surface area contributed by atoms with Crippen LogP contribution in [-0.4, -0.2) is 23.4 Å². The summed E-state index contributed by atoms with van der Waals surface area (Å²) in [6, 6.07) is 0. The average molecular weight is 237 g/mol. The van der Waals surface area contributed by atoms with Crippen molar-refractivity contribution in [2.45, 2.75) is 44.1 Å². The minimum absolute atomic E-state index is 0.307. The van der Waals surface area contributed by atoms with E-state index >= 15 is 0 Å². The van der Waals surface area contributed by atoms with Crippen molar-refractivity contribution in [1.82, 2.24) is 10.1 Å². The van der Waals surface area contributed by atoms with Crippen LogP contribution < -0.4 is 5.73 Å². The normalized spacial score (nSPS) is 27.0. The number of nitrogens with zero attached hydrogens (tertiary/aromatic N) is 2. The maximum atomic E-state index is 6.15. The van der Waals surface area contributed by atoms with E-state index in [1.54, 1.807) is 0 Å². The maximum absolute atomic E-state index is 6.15. The second kappa shape index (κ2) is 4.38. The molecule has 94 valence electrons. The number of aryl methyl sites for hydroxylation is 1. The van der Waals surface area contributed by atoms with Crippen LogP contribution in [0.3, 0.4) is 0 Å². The first-order chi connectivity index (χ1) is 8.26. The number of nitrogens with two attached hydrogens (primary N) is 1. The third kappa shape index (κ3) is 2.21. The standard InChI is InChI=1S/C12H19N3O2/c13-12(5-1-6-12)11-14-10(17-15-11)3-2-9-4-7-16-8-9/h9H,1-8,13H2. The zero-order chi connectivity index (χ0) is 11.7. The SMILES string of the molecule is NC1(c2noc(CCC3CCOC3)n2)CCC1. The van der Waals surface area contributed by atoms with Gasteiger partial charge in [-0.15, -0.1) is 0 Å². The Morgan fingerprint density at radius 3 is 2.94 bits per heavy atom. The molecule has 0 bridgehead atoms. The Kier molecular flexibility index (Phi) is 2.88. The van der Waals surface area contributed by atoms with Crippen molar-refractivity contribution < 1.29 is 9.26 Å². The lowest BCUT2D eigenvalue weighted by atomic mass is 9.77. The van der Waals surface area contributed by atoms with Gasteiger partial charge in [-0.1, -0.05) is 5.16 Å². The molecule has 2 N–H and O–H groups in total. The first-order valence-electron chi connectivity index (χ1n) is 6.46. The van der Waals surface area contributed by atoms with Gasteiger partial charge in [0.15, 0.2) is 5.82 Å². The fraction of sp³-hybridized carbons (Fsp3) is 0.833. The van der Waals surface area contributed by atoms with E-state index in [9.17, 15) is 0 Å². The second-order valence-electron chi connectivity index (χ2n) is 5.29. The Labute approximate surface area is 101 Å². The van der Waals surface area contributed by atoms with Gasteiger partial charge in [0.1, 0.15) is 0 Å². The zero-order valence-electron chi connectivity index (χ0n) is 10.0. The molecular weight excluding hydrogens is 218 g/mol. The molecule has 1 aliphatic heterocycles. The van der Waals surface area contributed by atoms with Crippen LogP contribution in [0.1, 0.15) is 43.8 Å². The summed E-state index contributed by atoms with van der Waals surface area (Å²) in [6.45, 7) is 1.77. The van der Waals surface area contributed by atoms with E-state index in [0.717, 1.165) is 51.2 Å². The molecule has 1 saturated carbocycles. The molecule has 3 rings (SSSR count). The molecule has 2 heterocycles. The van der Waals surface area contributed by atoms with E-state index < -0.39 is 0 Å². The van der Waals surface area contributed by atoms with Gasteiger partial charge >= 0.3 is 0 Å². The number of hydrogen-bond acceptors (Lipinski definition) is 5. The van der Waals surface area contributed by atoms with Gasteiger partial charge in [-0.2, -0.15) is 4.98 Å². The highest BCUT2D eigenvalue weighted by molar-refractivity contribution is 5.08. The molecular formula is C12H19N3O2. The topological polar surface area (TPSA) is 74.2 Å². The first kappa shape index (κ1) is 11.2. The van der Waals surface area contributed by atoms with Crippen LogP contribution in [0.5, 0.6) is 0 Å². The molecule has 1 unspecified atom stereocenters. The number of hydrogen-bond donors (Lipinski definition) is 1. The van der Waals surface area contributed by atoms with Crippen LogP contribution >= 0.6 is 0 Å². The molecule has 1 aliphatic carbocycles. The van der Waals surface area contributed by atoms with Crippen molar-refractivity contribution in [3.63, 3.8) is 0 Å². The number of aromatic nitrogens is 2. The predicted molar refractivity (Wildman–Crippen MR) is 61.3 cm³/mol. The van der Waals surface area contributed by atoms with E-state index in [4.69, 9.17) is 15.0 Å². The lowest BCUT2D eigenvalue weighted by Gasteiger charge is -2.34. The van der Waals surface area contributed by atoms with E-state index in [0.29, 0.717) is 11.7 Å². The quantitative estimate of drug-likeness (QED) is 0.856. The Hall–Kier alpha value is -0.940. The van der Waals surface area contributed by atoms with Gasteiger partial charge in [-0.3, -0.25) is 0 Å². The lowest BCUT2D eigenvalue weighted by Crippen LogP contribution is -2.44. The molecule has 2 fully saturated rings. The van der Waals surface area contributed by atoms with Crippen molar-refractivity contribution in [2.75, 3.05) is 13.2 Å². The minimum atomic E-state index is -0.307. The molecule has 2 aliphatic rings. The Balaban J connectivity index is 1.56. The van der Waals surface area contributed by atoms with Crippen LogP contribution in [0.4, 0.5) is 0 Å². The van der Waals surface area contributed by atoms with Crippen LogP contribution in [0, 0.1) is 5.92 Å². The summed E-state index contributed by atoms with van der Waals surface area (Å²) in [5.41, 5.74) is 5.84. The van der Waals surface area contributed by atoms with E-state index in [2.05, 4.69) is 10.1 Å². The molecule has 1 saturated heterocycles. The summed E-state index contributed by atoms with van der Waals surface area (Å²) >= 11 is 0. The Morgan fingerprint density at radius 1 is 1.41 bits per heavy atom. The molecule has 5 heteroatoms. The molecule has 1 aromatic heterocycles. The van der Waals surface area contributed by atoms with Crippen molar-refractivity contribution in [1.29, 1.82) is 0 Å². The minimum Gasteiger partial charge on any atom is -0.381 e. The van der Waals surface area contributed by atoms with Gasteiger partial charge in [0.25, 0.3) is 0 Å². The lowest BCUT2D eigenvalue weighted by molar-refractivity contribution is 0.183. The molecule has 5 nitrogen and oxygen atoms in total. The fourth-order valence-corrected chi connectivity index (χ4v) is 2.48. The highest BCUT2D eigenvalue weighted by Gasteiger charge is 2.38. The summed E-state index contributed by atoms with van der Waals surface area (Å²) in [7, 11) is 0. The van der Waals surface area contributed by atoms with E-state index in [1.807, 2.05) is 0 Å². The van der Waals surface area contributed by atoms with E-state index in [-0.39, 0.29) is 5.54 Å². The highest BCUT2D eigenvalue weighted by atomic mass is 16.5. The summed E-state index contributed by atoms with van der Waals surface area (Å²) in [5, 5.41) is 4.01. The third-order valence-corrected chi connectivity index (χ3v) is 3.95. The predicted octanol–water partition coefficient (Wildman–Crippen LogP) is 1.38. The molecule has 0 aromatic carbocycles. The van der Waals surface area contributed by atoms with Crippen molar-refractivity contribution in [3.05, 3.63) is 11.7 Å². The number of ether oxygens (including phenoxy) is 1. The van der Waals surface area contributed by atoms with E-state index in [1.165, 1.54) is 6.42 Å². The summed E-state index contributed by atoms with van der Waals surface area (Å²) in [5.74, 6) is 2.07. The molecule has 17 heavy (non-hydrogen) atoms. The summed E-state index contributed by atoms with van der Waals surface area (Å²) < 4.78 is 10.6. The van der Waals surface area contributed by atoms with Crippen molar-refractivity contribution in [3.8, 4) is 0 Å². The largest absolute Gasteiger partial charge is 0.381 e. The van der Waals surface area contributed by atoms with Crippen LogP contribution in [-0.2, 0) is 16.7 Å². The van der Waals surface area contributed by atoms with Gasteiger partial charge in [0.2, 0.25) is 5.89 Å². The molecule has 0 spiro atoms. The van der Waals surface area contributed by atoms with Crippen molar-refractivity contribution >= 4 is 0 Å². The zero-order valence-corrected chi connectivity index (χ0v) is 10.0. The Bertz CT molecular complexity index is 381. The van der Waals surface area contributed by atoms with Gasteiger partial charge in [-0.25, -0.2) is 0 Å².